The van der Waals surface area contributed by atoms with Gasteiger partial charge in [-0.25, -0.2) is 13.2 Å². The molecule has 4 atom stereocenters. The molecule has 8 heteroatoms. The Morgan fingerprint density at radius 1 is 1.00 bits per heavy atom. The fraction of sp³-hybridized carbons (Fsp3) is 0.484. The Hall–Kier alpha value is -2.97. The van der Waals surface area contributed by atoms with Crippen molar-refractivity contribution in [3.05, 3.63) is 77.1 Å². The standard InChI is InChI=1S/C31H37NO6S/c1-3-21(19-24-11-7-8-18-32(24)39(36,37)25-16-12-20(2)13-17-25)30-29(34)28(33)27(31(35)38-30)26(23-14-15-23)22-9-5-4-6-10-22/h4-6,9-10,12-13,16-17,21,23-24,26,30,33H,3,7-8,11,14-15,18-19H2,1-2H3. The quantitative estimate of drug-likeness (QED) is 0.416. The highest BCUT2D eigenvalue weighted by molar-refractivity contribution is 7.89. The molecule has 7 nitrogen and oxygen atoms in total. The Labute approximate surface area is 230 Å². The van der Waals surface area contributed by atoms with Crippen LogP contribution in [0.4, 0.5) is 0 Å². The van der Waals surface area contributed by atoms with Crippen LogP contribution in [0.3, 0.4) is 0 Å². The van der Waals surface area contributed by atoms with Crippen molar-refractivity contribution in [3.8, 4) is 0 Å². The van der Waals surface area contributed by atoms with Gasteiger partial charge in [-0.1, -0.05) is 61.4 Å². The van der Waals surface area contributed by atoms with Gasteiger partial charge in [-0.15, -0.1) is 0 Å². The molecule has 0 spiro atoms. The fourth-order valence-electron chi connectivity index (χ4n) is 6.17. The summed E-state index contributed by atoms with van der Waals surface area (Å²) in [5.74, 6) is -2.34. The molecule has 208 valence electrons. The molecule has 1 N–H and O–H groups in total. The van der Waals surface area contributed by atoms with Gasteiger partial charge in [0.1, 0.15) is 0 Å². The molecule has 0 bridgehead atoms. The van der Waals surface area contributed by atoms with Crippen LogP contribution in [-0.2, 0) is 24.3 Å². The summed E-state index contributed by atoms with van der Waals surface area (Å²) in [6, 6.07) is 16.0. The van der Waals surface area contributed by atoms with Crippen LogP contribution in [0.25, 0.3) is 0 Å². The molecule has 1 saturated heterocycles. The Bertz CT molecular complexity index is 1350. The normalized spacial score (nSPS) is 24.4. The average Bonchev–Trinajstić information content (AvgIpc) is 3.78. The Morgan fingerprint density at radius 3 is 2.33 bits per heavy atom. The number of carbonyl (C=O) groups is 2. The summed E-state index contributed by atoms with van der Waals surface area (Å²) in [4.78, 5) is 27.1. The number of hydrogen-bond donors (Lipinski definition) is 1. The van der Waals surface area contributed by atoms with Gasteiger partial charge in [-0.2, -0.15) is 4.31 Å². The number of Topliss-reactive ketones (excluding diaryl/α,β-unsaturated/α-hetero) is 1. The minimum Gasteiger partial charge on any atom is -0.504 e. The van der Waals surface area contributed by atoms with Crippen LogP contribution in [0.15, 0.2) is 70.8 Å². The second kappa shape index (κ2) is 11.3. The molecule has 2 fully saturated rings. The maximum absolute atomic E-state index is 13.6. The fourth-order valence-corrected chi connectivity index (χ4v) is 7.88. The second-order valence-corrected chi connectivity index (χ2v) is 13.1. The zero-order valence-corrected chi connectivity index (χ0v) is 23.4. The summed E-state index contributed by atoms with van der Waals surface area (Å²) in [7, 11) is -3.72. The summed E-state index contributed by atoms with van der Waals surface area (Å²) in [5, 5.41) is 11.1. The number of benzene rings is 2. The molecular formula is C31H37NO6S. The number of ketones is 1. The van der Waals surface area contributed by atoms with E-state index in [1.807, 2.05) is 44.2 Å². The number of aliphatic hydroxyl groups excluding tert-OH is 1. The van der Waals surface area contributed by atoms with E-state index in [4.69, 9.17) is 4.74 Å². The van der Waals surface area contributed by atoms with E-state index in [0.717, 1.165) is 36.8 Å². The van der Waals surface area contributed by atoms with Gasteiger partial charge in [0.05, 0.1) is 10.5 Å². The van der Waals surface area contributed by atoms with E-state index >= 15 is 0 Å². The van der Waals surface area contributed by atoms with E-state index in [9.17, 15) is 23.1 Å². The van der Waals surface area contributed by atoms with E-state index in [1.54, 1.807) is 28.6 Å². The van der Waals surface area contributed by atoms with Crippen molar-refractivity contribution >= 4 is 21.8 Å². The highest BCUT2D eigenvalue weighted by atomic mass is 32.2. The maximum Gasteiger partial charge on any atom is 0.339 e. The van der Waals surface area contributed by atoms with Crippen molar-refractivity contribution in [1.29, 1.82) is 0 Å². The molecular weight excluding hydrogens is 514 g/mol. The monoisotopic (exact) mass is 551 g/mol. The first-order valence-electron chi connectivity index (χ1n) is 14.0. The summed E-state index contributed by atoms with van der Waals surface area (Å²) in [6.07, 6.45) is 3.91. The Balaban J connectivity index is 1.39. The number of ether oxygens (including phenoxy) is 1. The van der Waals surface area contributed by atoms with E-state index in [2.05, 4.69) is 0 Å². The number of piperidine rings is 1. The van der Waals surface area contributed by atoms with Crippen molar-refractivity contribution in [3.63, 3.8) is 0 Å². The van der Waals surface area contributed by atoms with Crippen LogP contribution in [-0.4, -0.2) is 48.3 Å². The lowest BCUT2D eigenvalue weighted by atomic mass is 9.81. The predicted octanol–water partition coefficient (Wildman–Crippen LogP) is 5.45. The second-order valence-electron chi connectivity index (χ2n) is 11.2. The van der Waals surface area contributed by atoms with Crippen LogP contribution >= 0.6 is 0 Å². The SMILES string of the molecule is CCC(CC1CCCCN1S(=O)(=O)c1ccc(C)cc1)C1OC(=O)C(C(c2ccccc2)C2CC2)=C(O)C1=O. The van der Waals surface area contributed by atoms with Gasteiger partial charge in [0, 0.05) is 24.4 Å². The minimum absolute atomic E-state index is 0.0565. The van der Waals surface area contributed by atoms with E-state index < -0.39 is 39.6 Å². The minimum atomic E-state index is -3.72. The molecule has 1 saturated carbocycles. The van der Waals surface area contributed by atoms with Gasteiger partial charge >= 0.3 is 5.97 Å². The lowest BCUT2D eigenvalue weighted by molar-refractivity contribution is -0.158. The first-order chi connectivity index (χ1) is 18.7. The molecule has 0 aromatic heterocycles. The Kier molecular flexibility index (Phi) is 7.96. The Morgan fingerprint density at radius 2 is 1.69 bits per heavy atom. The van der Waals surface area contributed by atoms with Gasteiger partial charge in [0.25, 0.3) is 0 Å². The zero-order chi connectivity index (χ0) is 27.7. The smallest absolute Gasteiger partial charge is 0.339 e. The third-order valence-electron chi connectivity index (χ3n) is 8.49. The number of cyclic esters (lactones) is 1. The summed E-state index contributed by atoms with van der Waals surface area (Å²) < 4.78 is 34.5. The number of nitrogens with zero attached hydrogens (tertiary/aromatic N) is 1. The number of aryl methyl sites for hydroxylation is 1. The third-order valence-corrected chi connectivity index (χ3v) is 10.5. The van der Waals surface area contributed by atoms with E-state index in [-0.39, 0.29) is 28.3 Å². The molecule has 39 heavy (non-hydrogen) atoms. The van der Waals surface area contributed by atoms with Crippen LogP contribution < -0.4 is 0 Å². The highest BCUT2D eigenvalue weighted by Crippen LogP contribution is 2.48. The van der Waals surface area contributed by atoms with Gasteiger partial charge in [-0.3, -0.25) is 4.79 Å². The highest BCUT2D eigenvalue weighted by Gasteiger charge is 2.48. The molecule has 4 unspecified atom stereocenters. The van der Waals surface area contributed by atoms with Crippen molar-refractivity contribution in [2.24, 2.45) is 11.8 Å². The van der Waals surface area contributed by atoms with Crippen molar-refractivity contribution in [2.75, 3.05) is 6.54 Å². The van der Waals surface area contributed by atoms with Crippen LogP contribution in [0.1, 0.15) is 68.9 Å². The van der Waals surface area contributed by atoms with Gasteiger partial charge < -0.3 is 9.84 Å². The molecule has 2 aliphatic heterocycles. The average molecular weight is 552 g/mol. The van der Waals surface area contributed by atoms with Gasteiger partial charge in [-0.05, 0) is 69.1 Å². The zero-order valence-electron chi connectivity index (χ0n) is 22.6. The summed E-state index contributed by atoms with van der Waals surface area (Å²) >= 11 is 0. The van der Waals surface area contributed by atoms with Crippen LogP contribution in [0.5, 0.6) is 0 Å². The lowest BCUT2D eigenvalue weighted by Gasteiger charge is -2.38. The number of aliphatic hydroxyl groups is 1. The van der Waals surface area contributed by atoms with Crippen molar-refractivity contribution in [2.45, 2.75) is 81.8 Å². The van der Waals surface area contributed by atoms with Crippen LogP contribution in [0.2, 0.25) is 0 Å². The van der Waals surface area contributed by atoms with Crippen molar-refractivity contribution in [1.82, 2.24) is 4.31 Å². The molecule has 2 heterocycles. The molecule has 5 rings (SSSR count). The largest absolute Gasteiger partial charge is 0.504 e. The molecule has 1 aliphatic carbocycles. The molecule has 0 radical (unpaired) electrons. The van der Waals surface area contributed by atoms with Crippen LogP contribution in [0, 0.1) is 18.8 Å². The first-order valence-corrected chi connectivity index (χ1v) is 15.5. The topological polar surface area (TPSA) is 101 Å². The number of esters is 1. The van der Waals surface area contributed by atoms with Crippen molar-refractivity contribution < 1.29 is 27.9 Å². The predicted molar refractivity (Wildman–Crippen MR) is 148 cm³/mol. The molecule has 2 aromatic carbocycles. The first kappa shape index (κ1) is 27.6. The maximum atomic E-state index is 13.6. The lowest BCUT2D eigenvalue weighted by Crippen LogP contribution is -2.48. The summed E-state index contributed by atoms with van der Waals surface area (Å²) in [6.45, 7) is 4.22. The van der Waals surface area contributed by atoms with E-state index in [0.29, 0.717) is 25.8 Å². The van der Waals surface area contributed by atoms with E-state index in [1.165, 1.54) is 0 Å². The third kappa shape index (κ3) is 5.54. The molecule has 0 amide bonds. The number of hydrogen-bond acceptors (Lipinski definition) is 6. The number of carbonyl (C=O) groups excluding carboxylic acids is 2. The molecule has 3 aliphatic rings. The van der Waals surface area contributed by atoms with Gasteiger partial charge in [0.15, 0.2) is 11.9 Å². The number of sulfonamides is 1. The van der Waals surface area contributed by atoms with Gasteiger partial charge in [0.2, 0.25) is 15.8 Å². The summed E-state index contributed by atoms with van der Waals surface area (Å²) in [5.41, 5.74) is 1.92. The molecule has 2 aromatic rings. The number of rotatable bonds is 9.